The van der Waals surface area contributed by atoms with E-state index in [0.717, 1.165) is 34.7 Å². The van der Waals surface area contributed by atoms with E-state index in [1.807, 2.05) is 25.2 Å². The van der Waals surface area contributed by atoms with Crippen LogP contribution in [0.15, 0.2) is 28.7 Å². The molecule has 0 saturated carbocycles. The van der Waals surface area contributed by atoms with Gasteiger partial charge in [-0.05, 0) is 56.1 Å². The fourth-order valence-corrected chi connectivity index (χ4v) is 3.28. The van der Waals surface area contributed by atoms with Crippen LogP contribution in [0.2, 0.25) is 5.02 Å². The van der Waals surface area contributed by atoms with Crippen molar-refractivity contribution in [1.82, 2.24) is 10.2 Å². The number of rotatable bonds is 3. The number of nitrogens with two attached hydrogens (primary N) is 1. The van der Waals surface area contributed by atoms with Crippen LogP contribution in [-0.2, 0) is 0 Å². The number of hydrogen-bond donors (Lipinski definition) is 3. The van der Waals surface area contributed by atoms with Gasteiger partial charge in [0.15, 0.2) is 0 Å². The zero-order valence-electron chi connectivity index (χ0n) is 12.5. The molecule has 114 valence electrons. The van der Waals surface area contributed by atoms with Crippen molar-refractivity contribution in [3.05, 3.63) is 34.4 Å². The summed E-state index contributed by atoms with van der Waals surface area (Å²) >= 11 is 7.35. The molecule has 1 unspecified atom stereocenters. The summed E-state index contributed by atoms with van der Waals surface area (Å²) in [6.07, 6.45) is 0.855. The molecule has 2 rings (SSSR count). The Morgan fingerprint density at radius 3 is 2.81 bits per heavy atom. The summed E-state index contributed by atoms with van der Waals surface area (Å²) in [6, 6.07) is 5.89. The molecule has 4 N–H and O–H groups in total. The molecule has 1 heterocycles. The van der Waals surface area contributed by atoms with Crippen LogP contribution >= 0.6 is 23.5 Å². The number of halogens is 1. The summed E-state index contributed by atoms with van der Waals surface area (Å²) < 4.78 is 0. The highest BCUT2D eigenvalue weighted by Crippen LogP contribution is 2.29. The third-order valence-corrected chi connectivity index (χ3v) is 4.69. The Hall–Kier alpha value is -1.01. The van der Waals surface area contributed by atoms with Crippen molar-refractivity contribution in [3.8, 4) is 0 Å². The molecule has 1 aliphatic rings. The number of nitrogens with zero attached hydrogens (tertiary/aromatic N) is 1. The summed E-state index contributed by atoms with van der Waals surface area (Å²) in [5.41, 5.74) is 3.67. The minimum absolute atomic E-state index is 0.125. The van der Waals surface area contributed by atoms with Gasteiger partial charge in [0, 0.05) is 40.8 Å². The zero-order chi connectivity index (χ0) is 15.6. The molecule has 0 radical (unpaired) electrons. The highest BCUT2D eigenvalue weighted by molar-refractivity contribution is 7.97. The Morgan fingerprint density at radius 2 is 2.19 bits per heavy atom. The second kappa shape index (κ2) is 6.83. The van der Waals surface area contributed by atoms with Gasteiger partial charge in [-0.3, -0.25) is 10.0 Å². The predicted octanol–water partition coefficient (Wildman–Crippen LogP) is 2.98. The number of hydrogen-bond acceptors (Lipinski definition) is 5. The largest absolute Gasteiger partial charge is 0.387 e. The van der Waals surface area contributed by atoms with Crippen LogP contribution in [0.5, 0.6) is 0 Å². The summed E-state index contributed by atoms with van der Waals surface area (Å²) in [5.74, 6) is 0. The first-order chi connectivity index (χ1) is 9.97. The van der Waals surface area contributed by atoms with Crippen molar-refractivity contribution >= 4 is 35.0 Å². The summed E-state index contributed by atoms with van der Waals surface area (Å²) in [5, 5.41) is 18.0. The molecule has 0 amide bonds. The Labute approximate surface area is 135 Å². The van der Waals surface area contributed by atoms with E-state index in [1.54, 1.807) is 0 Å². The van der Waals surface area contributed by atoms with Gasteiger partial charge in [-0.2, -0.15) is 0 Å². The van der Waals surface area contributed by atoms with E-state index in [2.05, 4.69) is 24.2 Å². The van der Waals surface area contributed by atoms with Gasteiger partial charge in [0.05, 0.1) is 5.71 Å². The number of piperidine rings is 1. The van der Waals surface area contributed by atoms with E-state index in [-0.39, 0.29) is 6.04 Å². The third kappa shape index (κ3) is 3.43. The average molecular weight is 325 g/mol. The maximum atomic E-state index is 8.42. The van der Waals surface area contributed by atoms with Crippen molar-refractivity contribution in [2.75, 3.05) is 20.6 Å². The second-order valence-corrected chi connectivity index (χ2v) is 6.36. The molecule has 21 heavy (non-hydrogen) atoms. The first kappa shape index (κ1) is 16.4. The lowest BCUT2D eigenvalue weighted by Gasteiger charge is -2.33. The van der Waals surface area contributed by atoms with E-state index in [1.165, 1.54) is 11.9 Å². The van der Waals surface area contributed by atoms with Crippen LogP contribution in [0.25, 0.3) is 5.70 Å². The molecule has 0 aliphatic carbocycles. The topological polar surface area (TPSA) is 65.1 Å². The van der Waals surface area contributed by atoms with Crippen molar-refractivity contribution in [3.63, 3.8) is 0 Å². The lowest BCUT2D eigenvalue weighted by molar-refractivity contribution is 0.302. The fourth-order valence-electron chi connectivity index (χ4n) is 2.59. The van der Waals surface area contributed by atoms with Crippen molar-refractivity contribution in [2.45, 2.75) is 24.3 Å². The molecule has 1 fully saturated rings. The van der Waals surface area contributed by atoms with E-state index in [4.69, 9.17) is 22.1 Å². The Kier molecular flexibility index (Phi) is 5.32. The maximum Gasteiger partial charge on any atom is 0.0536 e. The predicted molar refractivity (Wildman–Crippen MR) is 91.9 cm³/mol. The molecule has 0 spiro atoms. The van der Waals surface area contributed by atoms with E-state index in [9.17, 15) is 0 Å². The first-order valence-corrected chi connectivity index (χ1v) is 8.11. The molecule has 1 atom stereocenters. The second-order valence-electron chi connectivity index (χ2n) is 5.22. The lowest BCUT2D eigenvalue weighted by atomic mass is 9.91. The highest BCUT2D eigenvalue weighted by Gasteiger charge is 2.26. The minimum atomic E-state index is 0.125. The Balaban J connectivity index is 2.50. The number of benzene rings is 1. The zero-order valence-corrected chi connectivity index (χ0v) is 14.1. The Bertz CT molecular complexity index is 585. The van der Waals surface area contributed by atoms with Gasteiger partial charge in [-0.15, -0.1) is 0 Å². The minimum Gasteiger partial charge on any atom is -0.387 e. The van der Waals surface area contributed by atoms with Gasteiger partial charge in [0.2, 0.25) is 0 Å². The van der Waals surface area contributed by atoms with Crippen LogP contribution in [0.4, 0.5) is 0 Å². The van der Waals surface area contributed by atoms with Gasteiger partial charge in [-0.1, -0.05) is 11.6 Å². The van der Waals surface area contributed by atoms with Gasteiger partial charge in [0.25, 0.3) is 0 Å². The molecular weight excluding hydrogens is 304 g/mol. The molecular formula is C15H21ClN4S. The molecule has 4 nitrogen and oxygen atoms in total. The summed E-state index contributed by atoms with van der Waals surface area (Å²) in [4.78, 5) is 3.11. The molecule has 6 heteroatoms. The van der Waals surface area contributed by atoms with E-state index in [0.29, 0.717) is 10.7 Å². The smallest absolute Gasteiger partial charge is 0.0536 e. The maximum absolute atomic E-state index is 8.42. The molecule has 1 saturated heterocycles. The van der Waals surface area contributed by atoms with Crippen LogP contribution in [-0.4, -0.2) is 37.3 Å². The SMILES string of the molecule is CN/C(=C1/CCN(C)C(C)C1=N)c1cc(Cl)cc(SN)c1. The summed E-state index contributed by atoms with van der Waals surface area (Å²) in [6.45, 7) is 3.01. The van der Waals surface area contributed by atoms with E-state index < -0.39 is 0 Å². The highest BCUT2D eigenvalue weighted by atomic mass is 35.5. The van der Waals surface area contributed by atoms with Gasteiger partial charge < -0.3 is 10.7 Å². The van der Waals surface area contributed by atoms with Crippen LogP contribution in [0, 0.1) is 5.41 Å². The molecule has 1 aromatic rings. The molecule has 0 bridgehead atoms. The number of likely N-dealkylation sites (tertiary alicyclic amines) is 1. The van der Waals surface area contributed by atoms with Crippen molar-refractivity contribution < 1.29 is 0 Å². The summed E-state index contributed by atoms with van der Waals surface area (Å²) in [7, 11) is 3.94. The molecule has 1 aliphatic heterocycles. The Morgan fingerprint density at radius 1 is 1.48 bits per heavy atom. The van der Waals surface area contributed by atoms with Crippen LogP contribution < -0.4 is 10.5 Å². The lowest BCUT2D eigenvalue weighted by Crippen LogP contribution is -2.42. The van der Waals surface area contributed by atoms with Crippen LogP contribution in [0.1, 0.15) is 18.9 Å². The molecule has 1 aromatic carbocycles. The first-order valence-electron chi connectivity index (χ1n) is 6.85. The van der Waals surface area contributed by atoms with E-state index >= 15 is 0 Å². The molecule has 0 aromatic heterocycles. The van der Waals surface area contributed by atoms with Gasteiger partial charge in [0.1, 0.15) is 0 Å². The number of nitrogens with one attached hydrogen (secondary N) is 2. The van der Waals surface area contributed by atoms with Gasteiger partial charge >= 0.3 is 0 Å². The quantitative estimate of drug-likeness (QED) is 0.748. The monoisotopic (exact) mass is 324 g/mol. The fraction of sp³-hybridized carbons (Fsp3) is 0.400. The average Bonchev–Trinajstić information content (AvgIpc) is 2.47. The van der Waals surface area contributed by atoms with Crippen molar-refractivity contribution in [2.24, 2.45) is 5.14 Å². The van der Waals surface area contributed by atoms with Crippen molar-refractivity contribution in [1.29, 1.82) is 5.41 Å². The third-order valence-electron chi connectivity index (χ3n) is 3.97. The van der Waals surface area contributed by atoms with Gasteiger partial charge in [-0.25, -0.2) is 0 Å². The normalized spacial score (nSPS) is 22.3. The van der Waals surface area contributed by atoms with Crippen LogP contribution in [0.3, 0.4) is 0 Å². The standard InChI is InChI=1S/C15H21ClN4S/c1-9-14(17)13(4-5-20(9)3)15(19-2)10-6-11(16)8-12(7-10)21-18/h6-9,17,19H,4-5,18H2,1-3H3/b15-13-,17-14?.